The van der Waals surface area contributed by atoms with Gasteiger partial charge >= 0.3 is 0 Å². The van der Waals surface area contributed by atoms with Crippen molar-refractivity contribution in [1.82, 2.24) is 4.98 Å². The molecule has 0 radical (unpaired) electrons. The summed E-state index contributed by atoms with van der Waals surface area (Å²) in [5.41, 5.74) is 2.48. The summed E-state index contributed by atoms with van der Waals surface area (Å²) in [6, 6.07) is 16.3. The first kappa shape index (κ1) is 18.9. The summed E-state index contributed by atoms with van der Waals surface area (Å²) in [5, 5.41) is 0.958. The van der Waals surface area contributed by atoms with Crippen molar-refractivity contribution in [2.24, 2.45) is 23.7 Å². The van der Waals surface area contributed by atoms with Gasteiger partial charge in [-0.2, -0.15) is 0 Å². The van der Waals surface area contributed by atoms with Gasteiger partial charge in [-0.1, -0.05) is 30.4 Å². The number of benzene rings is 2. The molecule has 1 saturated heterocycles. The molecule has 1 saturated carbocycles. The van der Waals surface area contributed by atoms with Crippen LogP contribution in [0.2, 0.25) is 0 Å². The summed E-state index contributed by atoms with van der Waals surface area (Å²) in [7, 11) is 1.72. The Morgan fingerprint density at radius 3 is 2.28 bits per heavy atom. The Morgan fingerprint density at radius 2 is 1.59 bits per heavy atom. The van der Waals surface area contributed by atoms with Crippen molar-refractivity contribution < 1.29 is 14.4 Å². The SMILES string of the molecule is CN(C(=O)c1ccc(N2C(=O)C3C4C=CC(C4)C3C2=O)cc1)c1cccc2cccnc12. The molecule has 6 rings (SSSR count). The fourth-order valence-electron chi connectivity index (χ4n) is 5.57. The molecule has 4 unspecified atom stereocenters. The molecule has 32 heavy (non-hydrogen) atoms. The van der Waals surface area contributed by atoms with E-state index >= 15 is 0 Å². The van der Waals surface area contributed by atoms with E-state index in [4.69, 9.17) is 0 Å². The lowest BCUT2D eigenvalue weighted by molar-refractivity contribution is -0.123. The van der Waals surface area contributed by atoms with Crippen LogP contribution in [0.15, 0.2) is 72.9 Å². The van der Waals surface area contributed by atoms with E-state index in [0.717, 1.165) is 23.0 Å². The van der Waals surface area contributed by atoms with Gasteiger partial charge in [0.2, 0.25) is 11.8 Å². The maximum Gasteiger partial charge on any atom is 0.258 e. The number of imide groups is 1. The van der Waals surface area contributed by atoms with E-state index in [9.17, 15) is 14.4 Å². The minimum Gasteiger partial charge on any atom is -0.309 e. The van der Waals surface area contributed by atoms with Crippen molar-refractivity contribution in [2.45, 2.75) is 6.42 Å². The van der Waals surface area contributed by atoms with Crippen LogP contribution in [0.4, 0.5) is 11.4 Å². The molecule has 3 aromatic rings. The molecule has 6 nitrogen and oxygen atoms in total. The summed E-state index contributed by atoms with van der Waals surface area (Å²) in [6.07, 6.45) is 6.78. The average molecular weight is 423 g/mol. The van der Waals surface area contributed by atoms with Crippen molar-refractivity contribution in [3.63, 3.8) is 0 Å². The zero-order chi connectivity index (χ0) is 22.0. The Bertz CT molecular complexity index is 1280. The topological polar surface area (TPSA) is 70.6 Å². The highest BCUT2D eigenvalue weighted by atomic mass is 16.2. The number of amides is 3. The summed E-state index contributed by atoms with van der Waals surface area (Å²) >= 11 is 0. The van der Waals surface area contributed by atoms with Gasteiger partial charge in [-0.3, -0.25) is 24.3 Å². The Balaban J connectivity index is 1.27. The Labute approximate surface area is 185 Å². The third-order valence-electron chi connectivity index (χ3n) is 7.12. The lowest BCUT2D eigenvalue weighted by atomic mass is 9.85. The van der Waals surface area contributed by atoms with Crippen molar-refractivity contribution in [3.8, 4) is 0 Å². The zero-order valence-electron chi connectivity index (χ0n) is 17.5. The lowest BCUT2D eigenvalue weighted by Crippen LogP contribution is -2.33. The smallest absolute Gasteiger partial charge is 0.258 e. The normalized spacial score (nSPS) is 25.6. The molecule has 3 aliphatic rings. The molecule has 2 aromatic carbocycles. The van der Waals surface area contributed by atoms with E-state index in [1.807, 2.05) is 30.3 Å². The second-order valence-corrected chi connectivity index (χ2v) is 8.78. The van der Waals surface area contributed by atoms with E-state index < -0.39 is 0 Å². The van der Waals surface area contributed by atoms with Gasteiger partial charge in [0.1, 0.15) is 0 Å². The molecule has 2 fully saturated rings. The molecule has 6 heteroatoms. The molecular weight excluding hydrogens is 402 g/mol. The highest BCUT2D eigenvalue weighted by Crippen LogP contribution is 2.53. The molecule has 1 aliphatic heterocycles. The number of anilines is 2. The van der Waals surface area contributed by atoms with Crippen LogP contribution in [-0.2, 0) is 9.59 Å². The van der Waals surface area contributed by atoms with Gasteiger partial charge in [0, 0.05) is 24.2 Å². The fourth-order valence-corrected chi connectivity index (χ4v) is 5.57. The Hall–Kier alpha value is -3.80. The Kier molecular flexibility index (Phi) is 4.05. The highest BCUT2D eigenvalue weighted by Gasteiger charge is 2.59. The number of para-hydroxylation sites is 1. The molecule has 0 N–H and O–H groups in total. The van der Waals surface area contributed by atoms with E-state index in [-0.39, 0.29) is 41.4 Å². The van der Waals surface area contributed by atoms with Gasteiger partial charge in [-0.05, 0) is 54.7 Å². The number of hydrogen-bond donors (Lipinski definition) is 0. The maximum absolute atomic E-state index is 13.1. The number of hydrogen-bond acceptors (Lipinski definition) is 4. The number of nitrogens with zero attached hydrogens (tertiary/aromatic N) is 3. The van der Waals surface area contributed by atoms with Gasteiger partial charge in [-0.25, -0.2) is 0 Å². The molecular formula is C26H21N3O3. The first-order valence-electron chi connectivity index (χ1n) is 10.8. The third kappa shape index (κ3) is 2.59. The molecule has 2 bridgehead atoms. The van der Waals surface area contributed by atoms with Crippen LogP contribution in [0.25, 0.3) is 10.9 Å². The lowest BCUT2D eigenvalue weighted by Gasteiger charge is -2.20. The number of aromatic nitrogens is 1. The molecule has 1 aromatic heterocycles. The van der Waals surface area contributed by atoms with E-state index in [1.165, 1.54) is 4.90 Å². The average Bonchev–Trinajstić information content (AvgIpc) is 3.51. The summed E-state index contributed by atoms with van der Waals surface area (Å²) in [5.74, 6) is -0.532. The second-order valence-electron chi connectivity index (χ2n) is 8.78. The number of fused-ring (bicyclic) bond motifs is 6. The van der Waals surface area contributed by atoms with E-state index in [1.54, 1.807) is 42.4 Å². The number of carbonyl (C=O) groups is 3. The number of carbonyl (C=O) groups excluding carboxylic acids is 3. The zero-order valence-corrected chi connectivity index (χ0v) is 17.5. The van der Waals surface area contributed by atoms with E-state index in [2.05, 4.69) is 17.1 Å². The summed E-state index contributed by atoms with van der Waals surface area (Å²) < 4.78 is 0. The molecule has 3 amide bonds. The minimum absolute atomic E-state index is 0.116. The van der Waals surface area contributed by atoms with Crippen LogP contribution < -0.4 is 9.80 Å². The fraction of sp³-hybridized carbons (Fsp3) is 0.231. The first-order chi connectivity index (χ1) is 15.5. The van der Waals surface area contributed by atoms with E-state index in [0.29, 0.717) is 11.3 Å². The van der Waals surface area contributed by atoms with Gasteiger partial charge in [0.15, 0.2) is 0 Å². The van der Waals surface area contributed by atoms with Crippen molar-refractivity contribution in [1.29, 1.82) is 0 Å². The van der Waals surface area contributed by atoms with Crippen molar-refractivity contribution in [2.75, 3.05) is 16.8 Å². The molecule has 4 atom stereocenters. The standard InChI is InChI=1S/C26H21N3O3/c1-28(20-6-2-4-15-5-3-13-27-23(15)20)24(30)16-9-11-19(12-10-16)29-25(31)21-17-7-8-18(14-17)22(21)26(29)32/h2-13,17-18,21-22H,14H2,1H3. The second kappa shape index (κ2) is 6.85. The maximum atomic E-state index is 13.1. The number of pyridine rings is 1. The van der Waals surface area contributed by atoms with Gasteiger partial charge in [0.25, 0.3) is 5.91 Å². The quantitative estimate of drug-likeness (QED) is 0.474. The van der Waals surface area contributed by atoms with Crippen LogP contribution in [0.5, 0.6) is 0 Å². The molecule has 0 spiro atoms. The van der Waals surface area contributed by atoms with Gasteiger partial charge < -0.3 is 4.90 Å². The van der Waals surface area contributed by atoms with Crippen molar-refractivity contribution >= 4 is 40.0 Å². The minimum atomic E-state index is -0.233. The van der Waals surface area contributed by atoms with Crippen molar-refractivity contribution in [3.05, 3.63) is 78.5 Å². The van der Waals surface area contributed by atoms with Crippen LogP contribution >= 0.6 is 0 Å². The molecule has 158 valence electrons. The predicted octanol–water partition coefficient (Wildman–Crippen LogP) is 3.82. The highest BCUT2D eigenvalue weighted by molar-refractivity contribution is 6.23. The number of allylic oxidation sites excluding steroid dienone is 2. The monoisotopic (exact) mass is 423 g/mol. The number of rotatable bonds is 3. The van der Waals surface area contributed by atoms with Gasteiger partial charge in [-0.15, -0.1) is 0 Å². The van der Waals surface area contributed by atoms with Crippen LogP contribution in [0.1, 0.15) is 16.8 Å². The molecule has 2 heterocycles. The largest absolute Gasteiger partial charge is 0.309 e. The van der Waals surface area contributed by atoms with Crippen LogP contribution in [0.3, 0.4) is 0 Å². The summed E-state index contributed by atoms with van der Waals surface area (Å²) in [4.78, 5) is 46.5. The summed E-state index contributed by atoms with van der Waals surface area (Å²) in [6.45, 7) is 0. The van der Waals surface area contributed by atoms with Gasteiger partial charge in [0.05, 0.1) is 28.7 Å². The molecule has 2 aliphatic carbocycles. The third-order valence-corrected chi connectivity index (χ3v) is 7.12. The first-order valence-corrected chi connectivity index (χ1v) is 10.8. The van der Waals surface area contributed by atoms with Crippen LogP contribution in [0, 0.1) is 23.7 Å². The van der Waals surface area contributed by atoms with Crippen LogP contribution in [-0.4, -0.2) is 29.8 Å². The Morgan fingerprint density at radius 1 is 0.938 bits per heavy atom. The predicted molar refractivity (Wildman–Crippen MR) is 121 cm³/mol.